The Bertz CT molecular complexity index is 1140. The molecule has 5 rings (SSSR count). The molecule has 4 heteroatoms. The largest absolute Gasteiger partial charge is 0.244 e. The van der Waals surface area contributed by atoms with Gasteiger partial charge in [0, 0.05) is 0 Å². The van der Waals surface area contributed by atoms with E-state index in [9.17, 15) is 8.42 Å². The van der Waals surface area contributed by atoms with Crippen LogP contribution in [0.4, 0.5) is 0 Å². The van der Waals surface area contributed by atoms with Gasteiger partial charge in [-0.1, -0.05) is 66.2 Å². The van der Waals surface area contributed by atoms with Gasteiger partial charge >= 0.3 is 0 Å². The quantitative estimate of drug-likeness (QED) is 0.658. The van der Waals surface area contributed by atoms with Crippen LogP contribution in [0.2, 0.25) is 0 Å². The van der Waals surface area contributed by atoms with Gasteiger partial charge in [-0.25, -0.2) is 8.42 Å². The average molecular weight is 375 g/mol. The lowest BCUT2D eigenvalue weighted by atomic mass is 9.82. The fourth-order valence-electron chi connectivity index (χ4n) is 4.86. The maximum Gasteiger partial charge on any atom is 0.244 e. The second-order valence-electron chi connectivity index (χ2n) is 7.65. The topological polar surface area (TPSA) is 37.4 Å². The molecule has 3 aromatic carbocycles. The van der Waals surface area contributed by atoms with Crippen molar-refractivity contribution in [3.05, 3.63) is 101 Å². The van der Waals surface area contributed by atoms with Gasteiger partial charge in [0.1, 0.15) is 0 Å². The molecule has 0 unspecified atom stereocenters. The minimum atomic E-state index is -3.65. The Morgan fingerprint density at radius 1 is 0.889 bits per heavy atom. The summed E-state index contributed by atoms with van der Waals surface area (Å²) in [4.78, 5) is 0.358. The molecule has 3 aromatic rings. The zero-order valence-electron chi connectivity index (χ0n) is 15.4. The van der Waals surface area contributed by atoms with Crippen LogP contribution in [-0.4, -0.2) is 12.7 Å². The van der Waals surface area contributed by atoms with Crippen molar-refractivity contribution in [2.75, 3.05) is 0 Å². The Labute approximate surface area is 160 Å². The number of fused-ring (bicyclic) bond motifs is 7. The van der Waals surface area contributed by atoms with E-state index in [1.54, 1.807) is 16.4 Å². The van der Waals surface area contributed by atoms with Crippen LogP contribution in [0.25, 0.3) is 0 Å². The lowest BCUT2D eigenvalue weighted by Gasteiger charge is -2.43. The molecule has 2 aliphatic rings. The Morgan fingerprint density at radius 2 is 1.52 bits per heavy atom. The highest BCUT2D eigenvalue weighted by Gasteiger charge is 2.57. The van der Waals surface area contributed by atoms with Gasteiger partial charge in [-0.05, 0) is 54.7 Å². The van der Waals surface area contributed by atoms with Crippen LogP contribution < -0.4 is 0 Å². The molecule has 3 nitrogen and oxygen atoms in total. The standard InChI is InChI=1S/C23H21NO2S/c1-16-11-13-18(14-12-16)27(25,26)24-22-15-17-7-3-5-9-20(17)23(24,2)21-10-6-4-8-19(21)22/h3-14,22H,15H2,1-2H3/t22-,23+/m1/s1. The van der Waals surface area contributed by atoms with Gasteiger partial charge in [-0.2, -0.15) is 4.31 Å². The number of aryl methyl sites for hydroxylation is 1. The number of benzene rings is 3. The van der Waals surface area contributed by atoms with Crippen molar-refractivity contribution in [3.8, 4) is 0 Å². The van der Waals surface area contributed by atoms with Crippen LogP contribution in [0.15, 0.2) is 77.7 Å². The highest BCUT2D eigenvalue weighted by Crippen LogP contribution is 2.57. The van der Waals surface area contributed by atoms with Gasteiger partial charge in [0.05, 0.1) is 16.5 Å². The molecule has 0 spiro atoms. The van der Waals surface area contributed by atoms with Crippen molar-refractivity contribution < 1.29 is 8.42 Å². The molecule has 2 bridgehead atoms. The first-order valence-corrected chi connectivity index (χ1v) is 10.7. The Balaban J connectivity index is 1.79. The van der Waals surface area contributed by atoms with Crippen LogP contribution >= 0.6 is 0 Å². The molecule has 0 saturated carbocycles. The number of rotatable bonds is 2. The molecule has 0 aromatic heterocycles. The molecule has 0 N–H and O–H groups in total. The highest BCUT2D eigenvalue weighted by molar-refractivity contribution is 7.89. The summed E-state index contributed by atoms with van der Waals surface area (Å²) in [6, 6.07) is 23.4. The molecular weight excluding hydrogens is 354 g/mol. The molecule has 0 fully saturated rings. The summed E-state index contributed by atoms with van der Waals surface area (Å²) in [6.07, 6.45) is 0.702. The predicted octanol–water partition coefficient (Wildman–Crippen LogP) is 4.56. The van der Waals surface area contributed by atoms with Crippen molar-refractivity contribution in [1.82, 2.24) is 4.31 Å². The number of hydrogen-bond donors (Lipinski definition) is 0. The molecule has 2 aliphatic heterocycles. The molecule has 0 radical (unpaired) electrons. The lowest BCUT2D eigenvalue weighted by Crippen LogP contribution is -2.48. The van der Waals surface area contributed by atoms with E-state index in [0.29, 0.717) is 11.3 Å². The lowest BCUT2D eigenvalue weighted by molar-refractivity contribution is 0.208. The highest BCUT2D eigenvalue weighted by atomic mass is 32.2. The van der Waals surface area contributed by atoms with Gasteiger partial charge in [0.2, 0.25) is 10.0 Å². The van der Waals surface area contributed by atoms with Crippen LogP contribution in [0.5, 0.6) is 0 Å². The number of hydrogen-bond acceptors (Lipinski definition) is 2. The van der Waals surface area contributed by atoms with Gasteiger partial charge in [-0.3, -0.25) is 0 Å². The fourth-order valence-corrected chi connectivity index (χ4v) is 6.77. The molecular formula is C23H21NO2S. The SMILES string of the molecule is Cc1ccc(S(=O)(=O)N2[C@@H]3Cc4ccccc4[C@@]2(C)c2ccccc23)cc1. The summed E-state index contributed by atoms with van der Waals surface area (Å²) >= 11 is 0. The first-order chi connectivity index (χ1) is 12.9. The normalized spacial score (nSPS) is 23.7. The van der Waals surface area contributed by atoms with E-state index in [1.807, 2.05) is 43.3 Å². The predicted molar refractivity (Wildman–Crippen MR) is 106 cm³/mol. The van der Waals surface area contributed by atoms with Gasteiger partial charge in [0.25, 0.3) is 0 Å². The van der Waals surface area contributed by atoms with Crippen molar-refractivity contribution >= 4 is 10.0 Å². The Morgan fingerprint density at radius 3 is 2.26 bits per heavy atom. The fraction of sp³-hybridized carbons (Fsp3) is 0.217. The summed E-state index contributed by atoms with van der Waals surface area (Å²) < 4.78 is 29.3. The van der Waals surface area contributed by atoms with Crippen LogP contribution in [0.1, 0.15) is 40.8 Å². The van der Waals surface area contributed by atoms with Crippen LogP contribution in [0, 0.1) is 6.92 Å². The molecule has 0 amide bonds. The third-order valence-corrected chi connectivity index (χ3v) is 8.11. The number of sulfonamides is 1. The Kier molecular flexibility index (Phi) is 3.43. The maximum absolute atomic E-state index is 13.8. The van der Waals surface area contributed by atoms with E-state index >= 15 is 0 Å². The van der Waals surface area contributed by atoms with Gasteiger partial charge < -0.3 is 0 Å². The monoisotopic (exact) mass is 375 g/mol. The summed E-state index contributed by atoms with van der Waals surface area (Å²) in [5, 5.41) is 0. The second kappa shape index (κ2) is 5.54. The molecule has 136 valence electrons. The van der Waals surface area contributed by atoms with Crippen LogP contribution in [-0.2, 0) is 22.0 Å². The summed E-state index contributed by atoms with van der Waals surface area (Å²) in [5.41, 5.74) is 4.89. The molecule has 0 aliphatic carbocycles. The van der Waals surface area contributed by atoms with Gasteiger partial charge in [0.15, 0.2) is 0 Å². The van der Waals surface area contributed by atoms with E-state index < -0.39 is 15.6 Å². The first-order valence-electron chi connectivity index (χ1n) is 9.23. The minimum Gasteiger partial charge on any atom is -0.207 e. The number of nitrogens with zero attached hydrogens (tertiary/aromatic N) is 1. The second-order valence-corrected chi connectivity index (χ2v) is 9.47. The van der Waals surface area contributed by atoms with E-state index in [-0.39, 0.29) is 6.04 Å². The first kappa shape index (κ1) is 16.7. The van der Waals surface area contributed by atoms with Crippen molar-refractivity contribution in [1.29, 1.82) is 0 Å². The Hall–Kier alpha value is -2.43. The summed E-state index contributed by atoms with van der Waals surface area (Å²) in [5.74, 6) is 0. The average Bonchev–Trinajstić information content (AvgIpc) is 2.87. The van der Waals surface area contributed by atoms with Crippen molar-refractivity contribution in [2.24, 2.45) is 0 Å². The third kappa shape index (κ3) is 2.14. The third-order valence-electron chi connectivity index (χ3n) is 6.10. The maximum atomic E-state index is 13.8. The minimum absolute atomic E-state index is 0.174. The summed E-state index contributed by atoms with van der Waals surface area (Å²) in [7, 11) is -3.65. The van der Waals surface area contributed by atoms with Crippen LogP contribution in [0.3, 0.4) is 0 Å². The van der Waals surface area contributed by atoms with E-state index in [4.69, 9.17) is 0 Å². The van der Waals surface area contributed by atoms with Crippen molar-refractivity contribution in [3.63, 3.8) is 0 Å². The molecule has 0 saturated heterocycles. The zero-order valence-corrected chi connectivity index (χ0v) is 16.2. The van der Waals surface area contributed by atoms with E-state index in [0.717, 1.165) is 22.3 Å². The van der Waals surface area contributed by atoms with Gasteiger partial charge in [-0.15, -0.1) is 0 Å². The molecule has 2 atom stereocenters. The summed E-state index contributed by atoms with van der Waals surface area (Å²) in [6.45, 7) is 4.02. The zero-order chi connectivity index (χ0) is 18.8. The van der Waals surface area contributed by atoms with Crippen molar-refractivity contribution in [2.45, 2.75) is 36.7 Å². The van der Waals surface area contributed by atoms with E-state index in [2.05, 4.69) is 31.2 Å². The molecule has 27 heavy (non-hydrogen) atoms. The smallest absolute Gasteiger partial charge is 0.207 e. The molecule has 2 heterocycles. The van der Waals surface area contributed by atoms with E-state index in [1.165, 1.54) is 5.56 Å².